The quantitative estimate of drug-likeness (QED) is 0.236. The van der Waals surface area contributed by atoms with Crippen molar-refractivity contribution in [3.05, 3.63) is 117 Å². The summed E-state index contributed by atoms with van der Waals surface area (Å²) in [5, 5.41) is 25.4. The van der Waals surface area contributed by atoms with Crippen LogP contribution < -0.4 is 10.6 Å². The van der Waals surface area contributed by atoms with Gasteiger partial charge in [-0.25, -0.2) is 0 Å². The van der Waals surface area contributed by atoms with Gasteiger partial charge in [-0.05, 0) is 73.9 Å². The summed E-state index contributed by atoms with van der Waals surface area (Å²) in [6.07, 6.45) is 0.417. The minimum atomic E-state index is -0.507. The predicted octanol–water partition coefficient (Wildman–Crippen LogP) is 5.96. The lowest BCUT2D eigenvalue weighted by atomic mass is 10.0. The molecule has 38 heavy (non-hydrogen) atoms. The highest BCUT2D eigenvalue weighted by molar-refractivity contribution is 6.34. The second-order valence-corrected chi connectivity index (χ2v) is 9.75. The summed E-state index contributed by atoms with van der Waals surface area (Å²) in [4.78, 5) is 13.1. The number of nitrogens with zero attached hydrogens (tertiary/aromatic N) is 1. The number of halogens is 1. The van der Waals surface area contributed by atoms with Crippen molar-refractivity contribution >= 4 is 17.5 Å². The van der Waals surface area contributed by atoms with E-state index in [0.717, 1.165) is 16.9 Å². The molecule has 4 aromatic rings. The van der Waals surface area contributed by atoms with Crippen LogP contribution in [0.25, 0.3) is 11.3 Å². The molecule has 0 radical (unpaired) electrons. The Morgan fingerprint density at radius 3 is 2.47 bits per heavy atom. The molecule has 6 nitrogen and oxygen atoms in total. The van der Waals surface area contributed by atoms with E-state index in [0.29, 0.717) is 34.9 Å². The number of nitrogens with one attached hydrogen (secondary N) is 2. The van der Waals surface area contributed by atoms with Crippen LogP contribution in [0.5, 0.6) is 0 Å². The van der Waals surface area contributed by atoms with Gasteiger partial charge >= 0.3 is 0 Å². The van der Waals surface area contributed by atoms with Crippen molar-refractivity contribution in [2.75, 3.05) is 6.61 Å². The number of carbonyl (C=O) groups excluding carboxylic acids is 1. The predicted molar refractivity (Wildman–Crippen MR) is 149 cm³/mol. The summed E-state index contributed by atoms with van der Waals surface area (Å²) in [6.45, 7) is 4.50. The molecule has 0 saturated heterocycles. The Balaban J connectivity index is 1.41. The Morgan fingerprint density at radius 1 is 1.05 bits per heavy atom. The summed E-state index contributed by atoms with van der Waals surface area (Å²) in [5.74, 6) is 1.03. The van der Waals surface area contributed by atoms with Gasteiger partial charge in [-0.15, -0.1) is 0 Å². The normalized spacial score (nSPS) is 12.5. The number of nitriles is 1. The van der Waals surface area contributed by atoms with Crippen LogP contribution in [0, 0.1) is 18.3 Å². The average molecular weight is 528 g/mol. The molecule has 0 bridgehead atoms. The zero-order valence-electron chi connectivity index (χ0n) is 21.4. The van der Waals surface area contributed by atoms with Crippen LogP contribution in [0.3, 0.4) is 0 Å². The lowest BCUT2D eigenvalue weighted by Gasteiger charge is -2.17. The van der Waals surface area contributed by atoms with Crippen molar-refractivity contribution < 1.29 is 14.3 Å². The van der Waals surface area contributed by atoms with Gasteiger partial charge in [0, 0.05) is 11.6 Å². The van der Waals surface area contributed by atoms with Gasteiger partial charge in [-0.1, -0.05) is 53.6 Å². The van der Waals surface area contributed by atoms with Crippen molar-refractivity contribution in [1.29, 1.82) is 5.26 Å². The number of furan rings is 1. The van der Waals surface area contributed by atoms with Crippen molar-refractivity contribution in [2.45, 2.75) is 38.9 Å². The monoisotopic (exact) mass is 527 g/mol. The summed E-state index contributed by atoms with van der Waals surface area (Å²) in [6, 6.07) is 26.2. The van der Waals surface area contributed by atoms with E-state index in [4.69, 9.17) is 21.3 Å². The molecule has 1 heterocycles. The number of rotatable bonds is 10. The largest absolute Gasteiger partial charge is 0.460 e. The molecule has 2 atom stereocenters. The molecule has 7 heteroatoms. The van der Waals surface area contributed by atoms with Gasteiger partial charge in [0.15, 0.2) is 0 Å². The fourth-order valence-electron chi connectivity index (χ4n) is 4.13. The summed E-state index contributed by atoms with van der Waals surface area (Å²) in [7, 11) is 0. The number of aliphatic hydroxyl groups excluding tert-OH is 1. The second-order valence-electron chi connectivity index (χ2n) is 9.34. The van der Waals surface area contributed by atoms with Gasteiger partial charge in [0.25, 0.3) is 5.91 Å². The van der Waals surface area contributed by atoms with Gasteiger partial charge < -0.3 is 20.2 Å². The fourth-order valence-corrected chi connectivity index (χ4v) is 4.33. The van der Waals surface area contributed by atoms with Gasteiger partial charge in [0.2, 0.25) is 0 Å². The molecule has 4 rings (SSSR count). The summed E-state index contributed by atoms with van der Waals surface area (Å²) >= 11 is 6.36. The molecule has 194 valence electrons. The van der Waals surface area contributed by atoms with Gasteiger partial charge in [-0.3, -0.25) is 4.79 Å². The average Bonchev–Trinajstić information content (AvgIpc) is 3.41. The first kappa shape index (κ1) is 27.2. The third-order valence-electron chi connectivity index (χ3n) is 6.44. The van der Waals surface area contributed by atoms with E-state index in [1.54, 1.807) is 24.3 Å². The highest BCUT2D eigenvalue weighted by Gasteiger charge is 2.18. The maximum Gasteiger partial charge on any atom is 0.253 e. The zero-order valence-corrected chi connectivity index (χ0v) is 22.1. The van der Waals surface area contributed by atoms with Crippen LogP contribution in [0.2, 0.25) is 5.02 Å². The molecular weight excluding hydrogens is 498 g/mol. The van der Waals surface area contributed by atoms with Crippen LogP contribution in [0.15, 0.2) is 83.3 Å². The van der Waals surface area contributed by atoms with E-state index in [9.17, 15) is 9.90 Å². The minimum Gasteiger partial charge on any atom is -0.460 e. The molecule has 0 aliphatic rings. The number of benzene rings is 3. The number of hydrogen-bond donors (Lipinski definition) is 3. The number of hydrogen-bond acceptors (Lipinski definition) is 5. The number of carbonyl (C=O) groups is 1. The molecule has 1 aromatic heterocycles. The lowest BCUT2D eigenvalue weighted by molar-refractivity contribution is 0.0916. The van der Waals surface area contributed by atoms with Crippen molar-refractivity contribution in [1.82, 2.24) is 10.6 Å². The van der Waals surface area contributed by atoms with E-state index < -0.39 is 6.04 Å². The maximum absolute atomic E-state index is 13.1. The van der Waals surface area contributed by atoms with Gasteiger partial charge in [-0.2, -0.15) is 5.26 Å². The van der Waals surface area contributed by atoms with Crippen LogP contribution in [0.1, 0.15) is 51.3 Å². The molecule has 0 unspecified atom stereocenters. The smallest absolute Gasteiger partial charge is 0.253 e. The Kier molecular flexibility index (Phi) is 8.98. The first-order valence-corrected chi connectivity index (χ1v) is 12.8. The number of amides is 1. The fraction of sp³-hybridized carbons (Fsp3) is 0.226. The molecule has 1 amide bonds. The van der Waals surface area contributed by atoms with Crippen LogP contribution in [-0.2, 0) is 13.0 Å². The Bertz CT molecular complexity index is 1420. The minimum absolute atomic E-state index is 0.165. The molecule has 0 spiro atoms. The van der Waals surface area contributed by atoms with E-state index in [2.05, 4.69) is 54.8 Å². The van der Waals surface area contributed by atoms with Crippen LogP contribution in [-0.4, -0.2) is 23.7 Å². The molecule has 0 aliphatic carbocycles. The van der Waals surface area contributed by atoms with Gasteiger partial charge in [0.05, 0.1) is 41.4 Å². The van der Waals surface area contributed by atoms with E-state index >= 15 is 0 Å². The highest BCUT2D eigenvalue weighted by Crippen LogP contribution is 2.27. The first-order chi connectivity index (χ1) is 18.4. The Hall–Kier alpha value is -3.89. The van der Waals surface area contributed by atoms with E-state index in [1.165, 1.54) is 11.1 Å². The lowest BCUT2D eigenvalue weighted by Crippen LogP contribution is -2.39. The molecule has 0 aliphatic heterocycles. The molecule has 0 fully saturated rings. The number of aryl methyl sites for hydroxylation is 1. The van der Waals surface area contributed by atoms with Crippen molar-refractivity contribution in [2.24, 2.45) is 0 Å². The Morgan fingerprint density at radius 2 is 1.79 bits per heavy atom. The first-order valence-electron chi connectivity index (χ1n) is 12.5. The summed E-state index contributed by atoms with van der Waals surface area (Å²) < 4.78 is 6.05. The standard InChI is InChI=1S/C31H30ClN3O3/c1-20-3-9-24(10-4-20)21(2)34-18-27-12-14-30(38-27)25-11-13-29(32)28(16-25)31(37)35-26(19-36)15-22-5-7-23(17-33)8-6-22/h3-14,16,21,26,34,36H,15,18-19H2,1-2H3,(H,35,37)/t21-,26-/m1/s1. The van der Waals surface area contributed by atoms with Crippen molar-refractivity contribution in [3.63, 3.8) is 0 Å². The third-order valence-corrected chi connectivity index (χ3v) is 6.77. The highest BCUT2D eigenvalue weighted by atomic mass is 35.5. The van der Waals surface area contributed by atoms with Crippen LogP contribution in [0.4, 0.5) is 0 Å². The second kappa shape index (κ2) is 12.6. The molecule has 3 aromatic carbocycles. The van der Waals surface area contributed by atoms with Crippen LogP contribution >= 0.6 is 11.6 Å². The van der Waals surface area contributed by atoms with Gasteiger partial charge in [0.1, 0.15) is 11.5 Å². The number of aliphatic hydroxyl groups is 1. The topological polar surface area (TPSA) is 98.3 Å². The van der Waals surface area contributed by atoms with Crippen molar-refractivity contribution in [3.8, 4) is 17.4 Å². The molecule has 0 saturated carbocycles. The molecule has 3 N–H and O–H groups in total. The third kappa shape index (κ3) is 6.90. The van der Waals surface area contributed by atoms with E-state index in [-0.39, 0.29) is 18.6 Å². The molecular formula is C31H30ClN3O3. The Labute approximate surface area is 227 Å². The van der Waals surface area contributed by atoms with E-state index in [1.807, 2.05) is 30.3 Å². The zero-order chi connectivity index (χ0) is 27.1. The maximum atomic E-state index is 13.1. The summed E-state index contributed by atoms with van der Waals surface area (Å²) in [5.41, 5.74) is 4.91. The SMILES string of the molecule is Cc1ccc([C@@H](C)NCc2ccc(-c3ccc(Cl)c(C(=O)N[C@@H](CO)Cc4ccc(C#N)cc4)c3)o2)cc1.